The van der Waals surface area contributed by atoms with Gasteiger partial charge in [0.2, 0.25) is 15.9 Å². The van der Waals surface area contributed by atoms with Gasteiger partial charge in [0.05, 0.1) is 20.3 Å². The number of carbonyl (C=O) groups is 1. The van der Waals surface area contributed by atoms with Crippen molar-refractivity contribution in [1.29, 1.82) is 0 Å². The van der Waals surface area contributed by atoms with Crippen LogP contribution in [0.15, 0.2) is 29.2 Å². The van der Waals surface area contributed by atoms with Crippen LogP contribution in [0.2, 0.25) is 0 Å². The van der Waals surface area contributed by atoms with E-state index in [1.54, 1.807) is 24.3 Å². The van der Waals surface area contributed by atoms with Crippen molar-refractivity contribution in [3.05, 3.63) is 29.8 Å². The molecule has 160 valence electrons. The van der Waals surface area contributed by atoms with Crippen molar-refractivity contribution in [2.75, 3.05) is 33.4 Å². The van der Waals surface area contributed by atoms with Gasteiger partial charge in [-0.05, 0) is 36.6 Å². The molecule has 8 heteroatoms. The molecule has 1 aromatic rings. The minimum Gasteiger partial charge on any atom is -0.495 e. The largest absolute Gasteiger partial charge is 0.495 e. The topological polar surface area (TPSA) is 84.9 Å². The van der Waals surface area contributed by atoms with E-state index in [0.29, 0.717) is 31.9 Å². The third kappa shape index (κ3) is 5.81. The number of amides is 1. The molecule has 1 saturated carbocycles. The molecule has 1 N–H and O–H groups in total. The number of nitrogens with zero attached hydrogens (tertiary/aromatic N) is 1. The lowest BCUT2D eigenvalue weighted by atomic mass is 10.1. The highest BCUT2D eigenvalue weighted by atomic mass is 32.2. The molecule has 1 aromatic carbocycles. The fraction of sp³-hybridized carbons (Fsp3) is 0.571. The van der Waals surface area contributed by atoms with Crippen LogP contribution < -0.4 is 10.1 Å². The average Bonchev–Trinajstić information content (AvgIpc) is 3.01. The Kier molecular flexibility index (Phi) is 7.69. The lowest BCUT2D eigenvalue weighted by molar-refractivity contribution is -0.117. The molecule has 3 rings (SSSR count). The minimum atomic E-state index is -3.70. The Bertz CT molecular complexity index is 823. The maximum Gasteiger partial charge on any atom is 0.246 e. The molecule has 2 fully saturated rings. The summed E-state index contributed by atoms with van der Waals surface area (Å²) in [6.45, 7) is 1.38. The van der Waals surface area contributed by atoms with Gasteiger partial charge in [0.25, 0.3) is 0 Å². The van der Waals surface area contributed by atoms with E-state index in [1.165, 1.54) is 30.3 Å². The Morgan fingerprint density at radius 1 is 1.17 bits per heavy atom. The highest BCUT2D eigenvalue weighted by molar-refractivity contribution is 7.89. The third-order valence-corrected chi connectivity index (χ3v) is 7.32. The average molecular weight is 423 g/mol. The molecule has 0 unspecified atom stereocenters. The van der Waals surface area contributed by atoms with Crippen molar-refractivity contribution in [2.45, 2.75) is 49.5 Å². The zero-order valence-electron chi connectivity index (χ0n) is 16.9. The van der Waals surface area contributed by atoms with Gasteiger partial charge in [0, 0.05) is 25.2 Å². The number of benzene rings is 1. The number of hydrogen-bond acceptors (Lipinski definition) is 5. The van der Waals surface area contributed by atoms with E-state index in [1.807, 2.05) is 0 Å². The summed E-state index contributed by atoms with van der Waals surface area (Å²) in [5.74, 6) is 0.141. The van der Waals surface area contributed by atoms with Crippen LogP contribution in [0, 0.1) is 0 Å². The van der Waals surface area contributed by atoms with Crippen molar-refractivity contribution in [2.24, 2.45) is 0 Å². The number of ether oxygens (including phenoxy) is 2. The lowest BCUT2D eigenvalue weighted by Gasteiger charge is -2.26. The summed E-state index contributed by atoms with van der Waals surface area (Å²) >= 11 is 0. The highest BCUT2D eigenvalue weighted by Crippen LogP contribution is 2.29. The number of hydrogen-bond donors (Lipinski definition) is 1. The normalized spacial score (nSPS) is 19.8. The van der Waals surface area contributed by atoms with Crippen LogP contribution in [0.4, 0.5) is 0 Å². The van der Waals surface area contributed by atoms with Gasteiger partial charge in [0.15, 0.2) is 0 Å². The van der Waals surface area contributed by atoms with E-state index in [4.69, 9.17) is 9.47 Å². The van der Waals surface area contributed by atoms with E-state index >= 15 is 0 Å². The first-order valence-corrected chi connectivity index (χ1v) is 11.7. The maximum absolute atomic E-state index is 13.0. The first-order chi connectivity index (χ1) is 14.0. The molecule has 2 aliphatic rings. The van der Waals surface area contributed by atoms with Gasteiger partial charge >= 0.3 is 0 Å². The monoisotopic (exact) mass is 422 g/mol. The zero-order chi connectivity index (χ0) is 20.7. The van der Waals surface area contributed by atoms with Crippen LogP contribution >= 0.6 is 0 Å². The van der Waals surface area contributed by atoms with Crippen molar-refractivity contribution in [3.63, 3.8) is 0 Å². The molecule has 1 heterocycles. The number of morpholine rings is 1. The van der Waals surface area contributed by atoms with Crippen molar-refractivity contribution in [3.8, 4) is 5.75 Å². The quantitative estimate of drug-likeness (QED) is 0.563. The maximum atomic E-state index is 13.0. The molecule has 29 heavy (non-hydrogen) atoms. The predicted octanol–water partition coefficient (Wildman–Crippen LogP) is 2.57. The lowest BCUT2D eigenvalue weighted by Crippen LogP contribution is -2.40. The Labute approximate surface area is 173 Å². The number of carbonyl (C=O) groups excluding carboxylic acids is 1. The molecular weight excluding hydrogens is 392 g/mol. The number of nitrogens with one attached hydrogen (secondary N) is 1. The fourth-order valence-electron chi connectivity index (χ4n) is 3.77. The van der Waals surface area contributed by atoms with Crippen molar-refractivity contribution in [1.82, 2.24) is 9.62 Å². The third-order valence-electron chi connectivity index (χ3n) is 5.40. The Balaban J connectivity index is 1.73. The summed E-state index contributed by atoms with van der Waals surface area (Å²) in [5.41, 5.74) is 0.633. The molecule has 0 spiro atoms. The standard InChI is InChI=1S/C21H30N2O5S/c1-27-19-10-8-17(9-11-21(24)22-18-6-4-2-3-5-7-18)16-20(19)29(25,26)23-12-14-28-15-13-23/h8-11,16,18H,2-7,12-15H2,1H3,(H,22,24)/b11-9+. The van der Waals surface area contributed by atoms with E-state index < -0.39 is 10.0 Å². The van der Waals surface area contributed by atoms with Gasteiger partial charge in [-0.25, -0.2) is 8.42 Å². The molecule has 7 nitrogen and oxygen atoms in total. The van der Waals surface area contributed by atoms with Crippen LogP contribution in [0.25, 0.3) is 6.08 Å². The van der Waals surface area contributed by atoms with E-state index in [9.17, 15) is 13.2 Å². The molecule has 1 aliphatic carbocycles. The number of methoxy groups -OCH3 is 1. The molecule has 0 aromatic heterocycles. The van der Waals surface area contributed by atoms with Crippen molar-refractivity contribution < 1.29 is 22.7 Å². The van der Waals surface area contributed by atoms with E-state index in [0.717, 1.165) is 25.7 Å². The van der Waals surface area contributed by atoms with Crippen LogP contribution in [0.5, 0.6) is 5.75 Å². The van der Waals surface area contributed by atoms with Crippen LogP contribution in [-0.2, 0) is 19.6 Å². The fourth-order valence-corrected chi connectivity index (χ4v) is 5.37. The van der Waals surface area contributed by atoms with Gasteiger partial charge in [-0.15, -0.1) is 0 Å². The molecule has 0 atom stereocenters. The van der Waals surface area contributed by atoms with Gasteiger partial charge in [-0.2, -0.15) is 4.31 Å². The van der Waals surface area contributed by atoms with Crippen LogP contribution in [0.3, 0.4) is 0 Å². The second kappa shape index (κ2) is 10.2. The SMILES string of the molecule is COc1ccc(/C=C/C(=O)NC2CCCCCC2)cc1S(=O)(=O)N1CCOCC1. The first-order valence-electron chi connectivity index (χ1n) is 10.3. The number of sulfonamides is 1. The van der Waals surface area contributed by atoms with Crippen molar-refractivity contribution >= 4 is 22.0 Å². The zero-order valence-corrected chi connectivity index (χ0v) is 17.7. The summed E-state index contributed by atoms with van der Waals surface area (Å²) in [6, 6.07) is 5.14. The predicted molar refractivity (Wildman–Crippen MR) is 111 cm³/mol. The summed E-state index contributed by atoms with van der Waals surface area (Å²) in [5, 5.41) is 3.06. The summed E-state index contributed by atoms with van der Waals surface area (Å²) in [6.07, 6.45) is 9.91. The van der Waals surface area contributed by atoms with E-state index in [2.05, 4.69) is 5.32 Å². The summed E-state index contributed by atoms with van der Waals surface area (Å²) < 4.78 is 38.0. The Morgan fingerprint density at radius 2 is 1.86 bits per heavy atom. The van der Waals surface area contributed by atoms with Crippen LogP contribution in [-0.4, -0.2) is 58.1 Å². The summed E-state index contributed by atoms with van der Waals surface area (Å²) in [4.78, 5) is 12.4. The van der Waals surface area contributed by atoms with Gasteiger partial charge in [-0.1, -0.05) is 31.7 Å². The minimum absolute atomic E-state index is 0.105. The molecule has 0 radical (unpaired) electrons. The Morgan fingerprint density at radius 3 is 2.52 bits per heavy atom. The second-order valence-corrected chi connectivity index (χ2v) is 9.36. The smallest absolute Gasteiger partial charge is 0.246 e. The molecule has 1 amide bonds. The van der Waals surface area contributed by atoms with Gasteiger partial charge < -0.3 is 14.8 Å². The molecule has 1 aliphatic heterocycles. The molecular formula is C21H30N2O5S. The molecule has 0 bridgehead atoms. The first kappa shape index (κ1) is 21.8. The second-order valence-electron chi connectivity index (χ2n) is 7.46. The van der Waals surface area contributed by atoms with Crippen LogP contribution in [0.1, 0.15) is 44.1 Å². The Hall–Kier alpha value is -1.90. The number of rotatable bonds is 6. The molecule has 1 saturated heterocycles. The summed E-state index contributed by atoms with van der Waals surface area (Å²) in [7, 11) is -2.25. The van der Waals surface area contributed by atoms with Gasteiger partial charge in [0.1, 0.15) is 10.6 Å². The highest BCUT2D eigenvalue weighted by Gasteiger charge is 2.29. The van der Waals surface area contributed by atoms with E-state index in [-0.39, 0.29) is 22.6 Å². The van der Waals surface area contributed by atoms with Gasteiger partial charge in [-0.3, -0.25) is 4.79 Å².